The predicted octanol–water partition coefficient (Wildman–Crippen LogP) is 5.40. The molecule has 0 aliphatic rings. The first-order valence-electron chi connectivity index (χ1n) is 5.83. The average molecular weight is 393 g/mol. The molecule has 2 nitrogen and oxygen atoms in total. The molecule has 0 aliphatic carbocycles. The molecule has 1 aromatic heterocycles. The molecule has 0 fully saturated rings. The summed E-state index contributed by atoms with van der Waals surface area (Å²) in [6, 6.07) is 7.19. The number of amides is 1. The molecular weight excluding hydrogens is 381 g/mol. The van der Waals surface area contributed by atoms with Crippen molar-refractivity contribution in [1.29, 1.82) is 0 Å². The van der Waals surface area contributed by atoms with E-state index in [2.05, 4.69) is 15.9 Å². The van der Waals surface area contributed by atoms with Gasteiger partial charge in [-0.1, -0.05) is 23.2 Å². The van der Waals surface area contributed by atoms with Crippen LogP contribution in [0.3, 0.4) is 0 Å². The molecule has 0 spiro atoms. The van der Waals surface area contributed by atoms with Crippen molar-refractivity contribution in [1.82, 2.24) is 4.90 Å². The fourth-order valence-electron chi connectivity index (χ4n) is 1.80. The summed E-state index contributed by atoms with van der Waals surface area (Å²) in [6.07, 6.45) is 0. The van der Waals surface area contributed by atoms with E-state index in [1.807, 2.05) is 25.1 Å². The van der Waals surface area contributed by atoms with Crippen LogP contribution < -0.4 is 0 Å². The smallest absolute Gasteiger partial charge is 0.264 e. The van der Waals surface area contributed by atoms with Crippen LogP contribution >= 0.6 is 50.5 Å². The van der Waals surface area contributed by atoms with Crippen molar-refractivity contribution in [3.8, 4) is 0 Å². The Kier molecular flexibility index (Phi) is 5.13. The van der Waals surface area contributed by atoms with Crippen LogP contribution in [0.4, 0.5) is 0 Å². The van der Waals surface area contributed by atoms with Crippen molar-refractivity contribution in [2.45, 2.75) is 13.5 Å². The number of thiophene rings is 1. The first kappa shape index (κ1) is 15.8. The highest BCUT2D eigenvalue weighted by Crippen LogP contribution is 2.28. The Labute approximate surface area is 140 Å². The molecule has 0 aliphatic heterocycles. The lowest BCUT2D eigenvalue weighted by molar-refractivity contribution is 0.0790. The van der Waals surface area contributed by atoms with Gasteiger partial charge in [0.15, 0.2) is 0 Å². The monoisotopic (exact) mass is 391 g/mol. The molecule has 0 unspecified atom stereocenters. The first-order chi connectivity index (χ1) is 9.36. The Morgan fingerprint density at radius 1 is 1.25 bits per heavy atom. The van der Waals surface area contributed by atoms with Gasteiger partial charge in [0, 0.05) is 23.6 Å². The largest absolute Gasteiger partial charge is 0.337 e. The van der Waals surface area contributed by atoms with Gasteiger partial charge in [-0.25, -0.2) is 0 Å². The van der Waals surface area contributed by atoms with Gasteiger partial charge >= 0.3 is 0 Å². The van der Waals surface area contributed by atoms with E-state index < -0.39 is 0 Å². The third kappa shape index (κ3) is 3.76. The Morgan fingerprint density at radius 2 is 1.85 bits per heavy atom. The molecule has 0 saturated heterocycles. The van der Waals surface area contributed by atoms with E-state index in [4.69, 9.17) is 23.2 Å². The molecule has 0 radical (unpaired) electrons. The predicted molar refractivity (Wildman–Crippen MR) is 89.0 cm³/mol. The third-order valence-electron chi connectivity index (χ3n) is 2.76. The maximum absolute atomic E-state index is 12.3. The summed E-state index contributed by atoms with van der Waals surface area (Å²) >= 11 is 16.8. The molecule has 2 rings (SSSR count). The number of nitrogens with zero attached hydrogens (tertiary/aromatic N) is 1. The SMILES string of the molecule is Cc1cc(C(=O)N(C)Cc2cc(Cl)cc(Cl)c2)sc1Br. The Bertz CT molecular complexity index is 617. The van der Waals surface area contributed by atoms with Gasteiger partial charge in [-0.2, -0.15) is 0 Å². The fraction of sp³-hybridized carbons (Fsp3) is 0.214. The minimum atomic E-state index is -0.0140. The molecule has 1 heterocycles. The van der Waals surface area contributed by atoms with E-state index in [-0.39, 0.29) is 5.91 Å². The van der Waals surface area contributed by atoms with E-state index in [1.54, 1.807) is 18.0 Å². The number of carbonyl (C=O) groups excluding carboxylic acids is 1. The summed E-state index contributed by atoms with van der Waals surface area (Å²) in [7, 11) is 1.76. The summed E-state index contributed by atoms with van der Waals surface area (Å²) in [5.41, 5.74) is 1.98. The first-order valence-corrected chi connectivity index (χ1v) is 8.19. The Balaban J connectivity index is 2.15. The van der Waals surface area contributed by atoms with Crippen LogP contribution in [0.5, 0.6) is 0 Å². The average Bonchev–Trinajstić information content (AvgIpc) is 2.67. The topological polar surface area (TPSA) is 20.3 Å². The second-order valence-corrected chi connectivity index (χ2v) is 7.75. The fourth-order valence-corrected chi connectivity index (χ4v) is 3.90. The van der Waals surface area contributed by atoms with E-state index in [0.29, 0.717) is 21.5 Å². The zero-order chi connectivity index (χ0) is 14.9. The van der Waals surface area contributed by atoms with Gasteiger partial charge in [-0.3, -0.25) is 4.79 Å². The molecule has 0 saturated carbocycles. The van der Waals surface area contributed by atoms with Crippen LogP contribution in [-0.4, -0.2) is 17.9 Å². The molecular formula is C14H12BrCl2NOS. The van der Waals surface area contributed by atoms with Crippen LogP contribution in [0.15, 0.2) is 28.1 Å². The Hall–Kier alpha value is -0.550. The summed E-state index contributed by atoms with van der Waals surface area (Å²) in [4.78, 5) is 14.7. The number of rotatable bonds is 3. The van der Waals surface area contributed by atoms with E-state index in [1.165, 1.54) is 11.3 Å². The van der Waals surface area contributed by atoms with Gasteiger partial charge in [0.05, 0.1) is 8.66 Å². The molecule has 1 amide bonds. The number of halogens is 3. The lowest BCUT2D eigenvalue weighted by Gasteiger charge is -2.16. The van der Waals surface area contributed by atoms with Crippen LogP contribution in [0.2, 0.25) is 10.0 Å². The van der Waals surface area contributed by atoms with Crippen molar-refractivity contribution in [2.75, 3.05) is 7.05 Å². The molecule has 2 aromatic rings. The second kappa shape index (κ2) is 6.48. The van der Waals surface area contributed by atoms with Gasteiger partial charge in [0.25, 0.3) is 5.91 Å². The molecule has 6 heteroatoms. The number of benzene rings is 1. The van der Waals surface area contributed by atoms with Crippen molar-refractivity contribution in [3.63, 3.8) is 0 Å². The molecule has 0 bridgehead atoms. The second-order valence-electron chi connectivity index (χ2n) is 4.51. The maximum Gasteiger partial charge on any atom is 0.264 e. The number of carbonyl (C=O) groups is 1. The van der Waals surface area contributed by atoms with Gasteiger partial charge in [-0.15, -0.1) is 11.3 Å². The number of hydrogen-bond acceptors (Lipinski definition) is 2. The number of hydrogen-bond donors (Lipinski definition) is 0. The van der Waals surface area contributed by atoms with Gasteiger partial charge in [0.2, 0.25) is 0 Å². The van der Waals surface area contributed by atoms with Crippen molar-refractivity contribution in [3.05, 3.63) is 54.1 Å². The highest BCUT2D eigenvalue weighted by atomic mass is 79.9. The molecule has 1 aromatic carbocycles. The number of aryl methyl sites for hydroxylation is 1. The van der Waals surface area contributed by atoms with Gasteiger partial charge in [0.1, 0.15) is 0 Å². The van der Waals surface area contributed by atoms with Gasteiger partial charge in [-0.05, 0) is 58.2 Å². The van der Waals surface area contributed by atoms with Crippen molar-refractivity contribution >= 4 is 56.4 Å². The summed E-state index contributed by atoms with van der Waals surface area (Å²) in [5, 5.41) is 1.14. The normalized spacial score (nSPS) is 10.7. The lowest BCUT2D eigenvalue weighted by atomic mass is 10.2. The van der Waals surface area contributed by atoms with Crippen molar-refractivity contribution in [2.24, 2.45) is 0 Å². The highest BCUT2D eigenvalue weighted by Gasteiger charge is 2.16. The zero-order valence-corrected chi connectivity index (χ0v) is 14.8. The standard InChI is InChI=1S/C14H12BrCl2NOS/c1-8-3-12(20-13(8)15)14(19)18(2)7-9-4-10(16)6-11(17)5-9/h3-6H,7H2,1-2H3. The van der Waals surface area contributed by atoms with Crippen molar-refractivity contribution < 1.29 is 4.79 Å². The quantitative estimate of drug-likeness (QED) is 0.684. The van der Waals surface area contributed by atoms with E-state index >= 15 is 0 Å². The summed E-state index contributed by atoms with van der Waals surface area (Å²) < 4.78 is 0.986. The lowest BCUT2D eigenvalue weighted by Crippen LogP contribution is -2.25. The van der Waals surface area contributed by atoms with Crippen LogP contribution in [-0.2, 0) is 6.54 Å². The van der Waals surface area contributed by atoms with Crippen LogP contribution in [0, 0.1) is 6.92 Å². The summed E-state index contributed by atoms with van der Waals surface area (Å²) in [5.74, 6) is -0.0140. The van der Waals surface area contributed by atoms with E-state index in [9.17, 15) is 4.79 Å². The van der Waals surface area contributed by atoms with Crippen LogP contribution in [0.25, 0.3) is 0 Å². The maximum atomic E-state index is 12.3. The third-order valence-corrected chi connectivity index (χ3v) is 5.32. The molecule has 0 atom stereocenters. The van der Waals surface area contributed by atoms with Gasteiger partial charge < -0.3 is 4.90 Å². The zero-order valence-electron chi connectivity index (χ0n) is 10.9. The summed E-state index contributed by atoms with van der Waals surface area (Å²) in [6.45, 7) is 2.43. The minimum Gasteiger partial charge on any atom is -0.337 e. The van der Waals surface area contributed by atoms with Crippen LogP contribution in [0.1, 0.15) is 20.8 Å². The van der Waals surface area contributed by atoms with E-state index in [0.717, 1.165) is 14.9 Å². The molecule has 0 N–H and O–H groups in total. The Morgan fingerprint density at radius 3 is 2.35 bits per heavy atom. The molecule has 20 heavy (non-hydrogen) atoms. The minimum absolute atomic E-state index is 0.0140. The highest BCUT2D eigenvalue weighted by molar-refractivity contribution is 9.11. The molecule has 106 valence electrons.